The quantitative estimate of drug-likeness (QED) is 0.707. The van der Waals surface area contributed by atoms with E-state index >= 15 is 0 Å². The van der Waals surface area contributed by atoms with E-state index in [0.29, 0.717) is 24.6 Å². The third kappa shape index (κ3) is 2.59. The fraction of sp³-hybridized carbons (Fsp3) is 0.583. The van der Waals surface area contributed by atoms with E-state index in [2.05, 4.69) is 20.8 Å². The first-order valence-corrected chi connectivity index (χ1v) is 6.29. The second kappa shape index (κ2) is 5.30. The number of hydrogen-bond donors (Lipinski definition) is 3. The van der Waals surface area contributed by atoms with Gasteiger partial charge in [0.15, 0.2) is 5.69 Å². The van der Waals surface area contributed by atoms with Crippen LogP contribution in [-0.4, -0.2) is 34.7 Å². The number of carbonyl (C=O) groups is 1. The molecule has 2 rings (SSSR count). The number of hydrogen-bond acceptors (Lipinski definition) is 5. The zero-order valence-electron chi connectivity index (χ0n) is 10.6. The standard InChI is InChI=1S/C12H19N5O/c1-2-14-11(18)9-4-5-10(17-16-9)15-12(8-13)6-3-7-12/h4-5H,2-3,6-8,13H2,1H3,(H,14,18)(H,15,17). The highest BCUT2D eigenvalue weighted by Gasteiger charge is 2.35. The molecule has 1 amide bonds. The van der Waals surface area contributed by atoms with Crippen molar-refractivity contribution >= 4 is 11.7 Å². The molecule has 1 aliphatic rings. The minimum atomic E-state index is -0.200. The Labute approximate surface area is 106 Å². The molecule has 6 nitrogen and oxygen atoms in total. The molecule has 6 heteroatoms. The summed E-state index contributed by atoms with van der Waals surface area (Å²) in [6, 6.07) is 3.44. The molecule has 4 N–H and O–H groups in total. The predicted molar refractivity (Wildman–Crippen MR) is 69.3 cm³/mol. The van der Waals surface area contributed by atoms with Gasteiger partial charge < -0.3 is 16.4 Å². The van der Waals surface area contributed by atoms with E-state index in [-0.39, 0.29) is 11.4 Å². The summed E-state index contributed by atoms with van der Waals surface area (Å²) in [6.45, 7) is 3.03. The average Bonchev–Trinajstić information content (AvgIpc) is 2.35. The minimum Gasteiger partial charge on any atom is -0.362 e. The number of carbonyl (C=O) groups excluding carboxylic acids is 1. The Kier molecular flexibility index (Phi) is 3.76. The number of anilines is 1. The molecule has 0 saturated heterocycles. The van der Waals surface area contributed by atoms with Crippen molar-refractivity contribution in [2.45, 2.75) is 31.7 Å². The summed E-state index contributed by atoms with van der Waals surface area (Å²) in [5, 5.41) is 13.9. The van der Waals surface area contributed by atoms with Gasteiger partial charge in [-0.05, 0) is 38.3 Å². The summed E-state index contributed by atoms with van der Waals surface area (Å²) in [5.41, 5.74) is 6.06. The largest absolute Gasteiger partial charge is 0.362 e. The lowest BCUT2D eigenvalue weighted by Crippen LogP contribution is -2.51. The lowest BCUT2D eigenvalue weighted by atomic mass is 9.77. The van der Waals surface area contributed by atoms with Gasteiger partial charge in [-0.1, -0.05) is 0 Å². The van der Waals surface area contributed by atoms with Crippen LogP contribution in [0.4, 0.5) is 5.82 Å². The molecule has 1 aromatic heterocycles. The molecular formula is C12H19N5O. The van der Waals surface area contributed by atoms with Gasteiger partial charge in [-0.15, -0.1) is 10.2 Å². The van der Waals surface area contributed by atoms with Crippen molar-refractivity contribution < 1.29 is 4.79 Å². The van der Waals surface area contributed by atoms with Crippen LogP contribution in [0.25, 0.3) is 0 Å². The summed E-state index contributed by atoms with van der Waals surface area (Å²) >= 11 is 0. The highest BCUT2D eigenvalue weighted by Crippen LogP contribution is 2.33. The molecule has 1 fully saturated rings. The zero-order valence-corrected chi connectivity index (χ0v) is 10.6. The number of rotatable bonds is 5. The third-order valence-electron chi connectivity index (χ3n) is 3.33. The molecule has 98 valence electrons. The van der Waals surface area contributed by atoms with Crippen LogP contribution in [0.5, 0.6) is 0 Å². The van der Waals surface area contributed by atoms with E-state index in [0.717, 1.165) is 12.8 Å². The van der Waals surface area contributed by atoms with Gasteiger partial charge in [0.05, 0.1) is 5.54 Å². The van der Waals surface area contributed by atoms with Crippen molar-refractivity contribution in [3.05, 3.63) is 17.8 Å². The number of nitrogens with one attached hydrogen (secondary N) is 2. The van der Waals surface area contributed by atoms with E-state index in [1.165, 1.54) is 6.42 Å². The molecule has 0 unspecified atom stereocenters. The minimum absolute atomic E-state index is 0.0259. The van der Waals surface area contributed by atoms with Gasteiger partial charge in [-0.25, -0.2) is 0 Å². The Morgan fingerprint density at radius 3 is 2.67 bits per heavy atom. The highest BCUT2D eigenvalue weighted by atomic mass is 16.1. The van der Waals surface area contributed by atoms with Crippen LogP contribution in [0.1, 0.15) is 36.7 Å². The Hall–Kier alpha value is -1.69. The summed E-state index contributed by atoms with van der Waals surface area (Å²) in [4.78, 5) is 11.5. The van der Waals surface area contributed by atoms with Crippen LogP contribution in [-0.2, 0) is 0 Å². The van der Waals surface area contributed by atoms with Gasteiger partial charge in [0.2, 0.25) is 0 Å². The monoisotopic (exact) mass is 249 g/mol. The van der Waals surface area contributed by atoms with Gasteiger partial charge in [0.1, 0.15) is 5.82 Å². The maximum absolute atomic E-state index is 11.5. The second-order valence-electron chi connectivity index (χ2n) is 4.63. The number of aromatic nitrogens is 2. The molecule has 18 heavy (non-hydrogen) atoms. The van der Waals surface area contributed by atoms with Crippen molar-refractivity contribution in [1.29, 1.82) is 0 Å². The van der Waals surface area contributed by atoms with Crippen LogP contribution < -0.4 is 16.4 Å². The Morgan fingerprint density at radius 1 is 1.44 bits per heavy atom. The highest BCUT2D eigenvalue weighted by molar-refractivity contribution is 5.92. The summed E-state index contributed by atoms with van der Waals surface area (Å²) < 4.78 is 0. The molecule has 0 bridgehead atoms. The van der Waals surface area contributed by atoms with Crippen molar-refractivity contribution in [3.8, 4) is 0 Å². The molecule has 0 spiro atoms. The summed E-state index contributed by atoms with van der Waals surface area (Å²) in [7, 11) is 0. The molecule has 0 aliphatic heterocycles. The molecule has 1 aliphatic carbocycles. The van der Waals surface area contributed by atoms with E-state index < -0.39 is 0 Å². The van der Waals surface area contributed by atoms with Gasteiger partial charge in [-0.2, -0.15) is 0 Å². The Morgan fingerprint density at radius 2 is 2.22 bits per heavy atom. The Bertz CT molecular complexity index is 407. The summed E-state index contributed by atoms with van der Waals surface area (Å²) in [5.74, 6) is 0.474. The molecule has 0 aromatic carbocycles. The molecule has 1 heterocycles. The molecular weight excluding hydrogens is 230 g/mol. The van der Waals surface area contributed by atoms with Crippen LogP contribution in [0.15, 0.2) is 12.1 Å². The molecule has 1 saturated carbocycles. The van der Waals surface area contributed by atoms with Gasteiger partial charge in [-0.3, -0.25) is 4.79 Å². The number of nitrogens with two attached hydrogens (primary N) is 1. The predicted octanol–water partition coefficient (Wildman–Crippen LogP) is 0.520. The maximum atomic E-state index is 11.5. The number of nitrogens with zero attached hydrogens (tertiary/aromatic N) is 2. The lowest BCUT2D eigenvalue weighted by molar-refractivity contribution is 0.0950. The van der Waals surface area contributed by atoms with Gasteiger partial charge in [0, 0.05) is 13.1 Å². The molecule has 1 aromatic rings. The third-order valence-corrected chi connectivity index (χ3v) is 3.33. The van der Waals surface area contributed by atoms with E-state index in [9.17, 15) is 4.79 Å². The van der Waals surface area contributed by atoms with E-state index in [1.807, 2.05) is 6.92 Å². The SMILES string of the molecule is CCNC(=O)c1ccc(NC2(CN)CCC2)nn1. The fourth-order valence-electron chi connectivity index (χ4n) is 2.03. The zero-order chi connectivity index (χ0) is 13.0. The topological polar surface area (TPSA) is 92.9 Å². The Balaban J connectivity index is 2.01. The first kappa shape index (κ1) is 12.8. The van der Waals surface area contributed by atoms with Crippen molar-refractivity contribution in [1.82, 2.24) is 15.5 Å². The lowest BCUT2D eigenvalue weighted by Gasteiger charge is -2.41. The summed E-state index contributed by atoms with van der Waals surface area (Å²) in [6.07, 6.45) is 3.31. The maximum Gasteiger partial charge on any atom is 0.271 e. The van der Waals surface area contributed by atoms with Crippen LogP contribution in [0.3, 0.4) is 0 Å². The molecule has 0 atom stereocenters. The number of amides is 1. The van der Waals surface area contributed by atoms with Gasteiger partial charge >= 0.3 is 0 Å². The van der Waals surface area contributed by atoms with Crippen LogP contribution in [0, 0.1) is 0 Å². The fourth-order valence-corrected chi connectivity index (χ4v) is 2.03. The van der Waals surface area contributed by atoms with Crippen molar-refractivity contribution in [2.24, 2.45) is 5.73 Å². The van der Waals surface area contributed by atoms with E-state index in [4.69, 9.17) is 5.73 Å². The normalized spacial score (nSPS) is 16.8. The van der Waals surface area contributed by atoms with Crippen LogP contribution >= 0.6 is 0 Å². The first-order chi connectivity index (χ1) is 8.69. The van der Waals surface area contributed by atoms with Gasteiger partial charge in [0.25, 0.3) is 5.91 Å². The smallest absolute Gasteiger partial charge is 0.271 e. The van der Waals surface area contributed by atoms with Crippen molar-refractivity contribution in [2.75, 3.05) is 18.4 Å². The van der Waals surface area contributed by atoms with Crippen molar-refractivity contribution in [3.63, 3.8) is 0 Å². The first-order valence-electron chi connectivity index (χ1n) is 6.29. The van der Waals surface area contributed by atoms with Crippen LogP contribution in [0.2, 0.25) is 0 Å². The average molecular weight is 249 g/mol. The van der Waals surface area contributed by atoms with E-state index in [1.54, 1.807) is 12.1 Å². The molecule has 0 radical (unpaired) electrons. The second-order valence-corrected chi connectivity index (χ2v) is 4.63.